The van der Waals surface area contributed by atoms with Crippen LogP contribution < -0.4 is 0 Å². The van der Waals surface area contributed by atoms with E-state index in [1.54, 1.807) is 0 Å². The molecule has 1 aromatic rings. The lowest BCUT2D eigenvalue weighted by Crippen LogP contribution is -1.99. The second-order valence-electron chi connectivity index (χ2n) is 4.05. The van der Waals surface area contributed by atoms with Gasteiger partial charge in [-0.15, -0.1) is 0 Å². The molecule has 1 heterocycles. The summed E-state index contributed by atoms with van der Waals surface area (Å²) in [4.78, 5) is 0. The summed E-state index contributed by atoms with van der Waals surface area (Å²) in [6, 6.07) is 2.27. The maximum Gasteiger partial charge on any atom is 0.0658 e. The lowest BCUT2D eigenvalue weighted by Gasteiger charge is -2.02. The zero-order valence-electron chi connectivity index (χ0n) is 8.04. The third-order valence-corrected chi connectivity index (χ3v) is 2.52. The lowest BCUT2D eigenvalue weighted by molar-refractivity contribution is 0.661. The maximum atomic E-state index is 4.51. The third-order valence-electron chi connectivity index (χ3n) is 2.52. The summed E-state index contributed by atoms with van der Waals surface area (Å²) in [6.45, 7) is 4.43. The van der Waals surface area contributed by atoms with Crippen molar-refractivity contribution >= 4 is 0 Å². The number of hydrogen-bond acceptors (Lipinski definition) is 1. The van der Waals surface area contributed by atoms with Crippen molar-refractivity contribution in [3.8, 4) is 0 Å². The van der Waals surface area contributed by atoms with Gasteiger partial charge in [0.2, 0.25) is 0 Å². The van der Waals surface area contributed by atoms with Gasteiger partial charge in [-0.3, -0.25) is 4.68 Å². The molecule has 1 aliphatic carbocycles. The molecule has 0 saturated heterocycles. The van der Waals surface area contributed by atoms with Gasteiger partial charge in [0, 0.05) is 18.7 Å². The quantitative estimate of drug-likeness (QED) is 0.656. The minimum atomic E-state index is 0.593. The van der Waals surface area contributed by atoms with E-state index in [0.29, 0.717) is 5.92 Å². The van der Waals surface area contributed by atoms with E-state index in [1.807, 2.05) is 11.7 Å². The Morgan fingerprint density at radius 2 is 2.17 bits per heavy atom. The van der Waals surface area contributed by atoms with E-state index < -0.39 is 0 Å². The fourth-order valence-corrected chi connectivity index (χ4v) is 1.62. The molecule has 0 aliphatic heterocycles. The van der Waals surface area contributed by atoms with Gasteiger partial charge in [0.15, 0.2) is 0 Å². The van der Waals surface area contributed by atoms with Gasteiger partial charge in [0.25, 0.3) is 0 Å². The van der Waals surface area contributed by atoms with Crippen molar-refractivity contribution in [3.05, 3.63) is 17.5 Å². The molecule has 0 unspecified atom stereocenters. The molecule has 2 nitrogen and oxygen atoms in total. The highest BCUT2D eigenvalue weighted by atomic mass is 15.3. The molecule has 1 aromatic heterocycles. The molecule has 2 heteroatoms. The Bertz CT molecular complexity index is 282. The molecular weight excluding hydrogens is 148 g/mol. The van der Waals surface area contributed by atoms with Crippen molar-refractivity contribution in [2.45, 2.75) is 38.5 Å². The van der Waals surface area contributed by atoms with Crippen molar-refractivity contribution in [2.75, 3.05) is 0 Å². The van der Waals surface area contributed by atoms with E-state index >= 15 is 0 Å². The van der Waals surface area contributed by atoms with Crippen LogP contribution in [0.15, 0.2) is 6.07 Å². The topological polar surface area (TPSA) is 17.8 Å². The molecule has 0 N–H and O–H groups in total. The monoisotopic (exact) mass is 164 g/mol. The molecule has 2 rings (SSSR count). The minimum Gasteiger partial charge on any atom is -0.272 e. The van der Waals surface area contributed by atoms with Crippen molar-refractivity contribution in [1.82, 2.24) is 9.78 Å². The average Bonchev–Trinajstić information content (AvgIpc) is 2.75. The molecule has 0 aromatic carbocycles. The van der Waals surface area contributed by atoms with Gasteiger partial charge in [0.05, 0.1) is 5.69 Å². The smallest absolute Gasteiger partial charge is 0.0658 e. The Morgan fingerprint density at radius 3 is 2.58 bits per heavy atom. The molecule has 0 bridgehead atoms. The van der Waals surface area contributed by atoms with Crippen LogP contribution in [0.2, 0.25) is 0 Å². The van der Waals surface area contributed by atoms with Crippen LogP contribution in [0.1, 0.15) is 49.9 Å². The van der Waals surface area contributed by atoms with Crippen molar-refractivity contribution in [2.24, 2.45) is 7.05 Å². The highest BCUT2D eigenvalue weighted by Crippen LogP contribution is 2.39. The molecule has 0 spiro atoms. The van der Waals surface area contributed by atoms with Gasteiger partial charge in [-0.25, -0.2) is 0 Å². The predicted octanol–water partition coefficient (Wildman–Crippen LogP) is 2.42. The first-order valence-corrected chi connectivity index (χ1v) is 4.72. The van der Waals surface area contributed by atoms with Gasteiger partial charge in [-0.05, 0) is 24.8 Å². The molecule has 1 fully saturated rings. The van der Waals surface area contributed by atoms with Crippen molar-refractivity contribution in [1.29, 1.82) is 0 Å². The van der Waals surface area contributed by atoms with E-state index in [-0.39, 0.29) is 0 Å². The first kappa shape index (κ1) is 7.84. The molecule has 0 amide bonds. The maximum absolute atomic E-state index is 4.51. The van der Waals surface area contributed by atoms with E-state index in [1.165, 1.54) is 24.2 Å². The van der Waals surface area contributed by atoms with Crippen molar-refractivity contribution in [3.63, 3.8) is 0 Å². The Labute approximate surface area is 73.6 Å². The molecule has 12 heavy (non-hydrogen) atoms. The number of nitrogens with zero attached hydrogens (tertiary/aromatic N) is 2. The summed E-state index contributed by atoms with van der Waals surface area (Å²) in [5.41, 5.74) is 2.66. The fourth-order valence-electron chi connectivity index (χ4n) is 1.62. The average molecular weight is 164 g/mol. The van der Waals surface area contributed by atoms with E-state index in [2.05, 4.69) is 25.0 Å². The largest absolute Gasteiger partial charge is 0.272 e. The second kappa shape index (κ2) is 2.61. The minimum absolute atomic E-state index is 0.593. The zero-order chi connectivity index (χ0) is 8.72. The van der Waals surface area contributed by atoms with E-state index in [4.69, 9.17) is 0 Å². The summed E-state index contributed by atoms with van der Waals surface area (Å²) >= 11 is 0. The number of aryl methyl sites for hydroxylation is 1. The Kier molecular flexibility index (Phi) is 1.71. The van der Waals surface area contributed by atoms with Gasteiger partial charge >= 0.3 is 0 Å². The summed E-state index contributed by atoms with van der Waals surface area (Å²) in [5.74, 6) is 1.37. The van der Waals surface area contributed by atoms with Crippen LogP contribution in [0.3, 0.4) is 0 Å². The van der Waals surface area contributed by atoms with Crippen molar-refractivity contribution < 1.29 is 0 Å². The van der Waals surface area contributed by atoms with Crippen LogP contribution >= 0.6 is 0 Å². The molecule has 66 valence electrons. The number of aromatic nitrogens is 2. The van der Waals surface area contributed by atoms with Crippen LogP contribution in [-0.2, 0) is 7.05 Å². The second-order valence-corrected chi connectivity index (χ2v) is 4.05. The number of rotatable bonds is 2. The lowest BCUT2D eigenvalue weighted by atomic mass is 10.1. The van der Waals surface area contributed by atoms with Gasteiger partial charge in [-0.2, -0.15) is 5.10 Å². The Balaban J connectivity index is 2.30. The predicted molar refractivity (Wildman–Crippen MR) is 49.3 cm³/mol. The van der Waals surface area contributed by atoms with E-state index in [0.717, 1.165) is 5.92 Å². The van der Waals surface area contributed by atoms with Gasteiger partial charge < -0.3 is 0 Å². The zero-order valence-corrected chi connectivity index (χ0v) is 8.04. The summed E-state index contributed by atoms with van der Waals surface area (Å²) < 4.78 is 2.03. The third kappa shape index (κ3) is 1.26. The van der Waals surface area contributed by atoms with E-state index in [9.17, 15) is 0 Å². The van der Waals surface area contributed by atoms with Crippen LogP contribution in [-0.4, -0.2) is 9.78 Å². The first-order valence-electron chi connectivity index (χ1n) is 4.72. The highest BCUT2D eigenvalue weighted by molar-refractivity contribution is 5.20. The van der Waals surface area contributed by atoms with Crippen LogP contribution in [0, 0.1) is 0 Å². The fraction of sp³-hybridized carbons (Fsp3) is 0.700. The van der Waals surface area contributed by atoms with Crippen LogP contribution in [0.5, 0.6) is 0 Å². The number of hydrogen-bond donors (Lipinski definition) is 0. The highest BCUT2D eigenvalue weighted by Gasteiger charge is 2.27. The Morgan fingerprint density at radius 1 is 1.50 bits per heavy atom. The van der Waals surface area contributed by atoms with Crippen LogP contribution in [0.25, 0.3) is 0 Å². The normalized spacial score (nSPS) is 17.3. The summed E-state index contributed by atoms with van der Waals surface area (Å²) in [5, 5.41) is 4.51. The standard InChI is InChI=1S/C10H16N2/c1-7(2)10-6-9(8-4-5-8)11-12(10)3/h6-8H,4-5H2,1-3H3. The summed E-state index contributed by atoms with van der Waals surface area (Å²) in [7, 11) is 2.04. The first-order chi connectivity index (χ1) is 5.68. The van der Waals surface area contributed by atoms with Crippen LogP contribution in [0.4, 0.5) is 0 Å². The SMILES string of the molecule is CC(C)c1cc(C2CC2)nn1C. The molecule has 0 atom stereocenters. The molecular formula is C10H16N2. The van der Waals surface area contributed by atoms with Gasteiger partial charge in [0.1, 0.15) is 0 Å². The molecule has 1 saturated carbocycles. The molecule has 0 radical (unpaired) electrons. The van der Waals surface area contributed by atoms with Gasteiger partial charge in [-0.1, -0.05) is 13.8 Å². The Hall–Kier alpha value is -0.790. The summed E-state index contributed by atoms with van der Waals surface area (Å²) in [6.07, 6.45) is 2.68. The molecule has 1 aliphatic rings.